The molecule has 0 fully saturated rings. The lowest BCUT2D eigenvalue weighted by molar-refractivity contribution is -0.112. The summed E-state index contributed by atoms with van der Waals surface area (Å²) >= 11 is 0. The van der Waals surface area contributed by atoms with Gasteiger partial charge in [0, 0.05) is 35.7 Å². The molecule has 0 unspecified atom stereocenters. The molecule has 0 spiro atoms. The van der Waals surface area contributed by atoms with Crippen LogP contribution in [0.3, 0.4) is 0 Å². The average Bonchev–Trinajstić information content (AvgIpc) is 2.60. The van der Waals surface area contributed by atoms with Crippen molar-refractivity contribution in [3.63, 3.8) is 0 Å². The van der Waals surface area contributed by atoms with E-state index in [0.717, 1.165) is 31.3 Å². The van der Waals surface area contributed by atoms with Crippen molar-refractivity contribution in [3.05, 3.63) is 48.2 Å². The van der Waals surface area contributed by atoms with Gasteiger partial charge in [-0.2, -0.15) is 5.26 Å². The van der Waals surface area contributed by atoms with Crippen LogP contribution in [0.5, 0.6) is 5.75 Å². The topological polar surface area (TPSA) is 76.4 Å². The highest BCUT2D eigenvalue weighted by atomic mass is 16.3. The van der Waals surface area contributed by atoms with Crippen molar-refractivity contribution in [2.45, 2.75) is 26.7 Å². The zero-order valence-corrected chi connectivity index (χ0v) is 14.6. The van der Waals surface area contributed by atoms with Crippen molar-refractivity contribution in [2.24, 2.45) is 0 Å². The Bertz CT molecular complexity index is 815. The van der Waals surface area contributed by atoms with Gasteiger partial charge in [-0.1, -0.05) is 38.1 Å². The number of phenolic OH excluding ortho intramolecular Hbond substituents is 1. The number of nitrogens with one attached hydrogen (secondary N) is 1. The van der Waals surface area contributed by atoms with Gasteiger partial charge in [-0.15, -0.1) is 0 Å². The number of carbonyl (C=O) groups is 1. The molecule has 1 amide bonds. The van der Waals surface area contributed by atoms with Crippen molar-refractivity contribution in [1.29, 1.82) is 5.26 Å². The van der Waals surface area contributed by atoms with Gasteiger partial charge in [0.15, 0.2) is 0 Å². The molecule has 0 aliphatic carbocycles. The second-order valence-electron chi connectivity index (χ2n) is 5.82. The van der Waals surface area contributed by atoms with Gasteiger partial charge in [0.05, 0.1) is 0 Å². The minimum absolute atomic E-state index is 0.0686. The van der Waals surface area contributed by atoms with Crippen LogP contribution in [0.15, 0.2) is 48.2 Å². The van der Waals surface area contributed by atoms with E-state index in [2.05, 4.69) is 19.2 Å². The SMILES string of the molecule is CCCN(/C=C(/C#N)C(=O)Nc1cccc2c(O)cccc12)CCC. The van der Waals surface area contributed by atoms with Gasteiger partial charge in [0.25, 0.3) is 5.91 Å². The average molecular weight is 337 g/mol. The van der Waals surface area contributed by atoms with Crippen LogP contribution in [0, 0.1) is 11.3 Å². The lowest BCUT2D eigenvalue weighted by atomic mass is 10.1. The molecule has 0 heterocycles. The number of amides is 1. The maximum absolute atomic E-state index is 12.5. The summed E-state index contributed by atoms with van der Waals surface area (Å²) in [4.78, 5) is 14.5. The molecule has 0 saturated carbocycles. The van der Waals surface area contributed by atoms with Crippen LogP contribution in [0.25, 0.3) is 10.8 Å². The molecule has 130 valence electrons. The molecule has 2 rings (SSSR count). The Morgan fingerprint density at radius 1 is 1.16 bits per heavy atom. The Balaban J connectivity index is 2.28. The second-order valence-corrected chi connectivity index (χ2v) is 5.82. The van der Waals surface area contributed by atoms with Crippen LogP contribution in [-0.2, 0) is 4.79 Å². The molecular formula is C20H23N3O2. The van der Waals surface area contributed by atoms with Gasteiger partial charge in [0.1, 0.15) is 17.4 Å². The van der Waals surface area contributed by atoms with E-state index in [4.69, 9.17) is 0 Å². The van der Waals surface area contributed by atoms with Gasteiger partial charge < -0.3 is 15.3 Å². The largest absolute Gasteiger partial charge is 0.507 e. The van der Waals surface area contributed by atoms with Gasteiger partial charge >= 0.3 is 0 Å². The number of nitrogens with zero attached hydrogens (tertiary/aromatic N) is 2. The number of nitriles is 1. The molecule has 0 aliphatic rings. The first-order valence-corrected chi connectivity index (χ1v) is 8.48. The lowest BCUT2D eigenvalue weighted by Gasteiger charge is -2.19. The number of carbonyl (C=O) groups excluding carboxylic acids is 1. The number of aromatic hydroxyl groups is 1. The fraction of sp³-hybridized carbons (Fsp3) is 0.300. The van der Waals surface area contributed by atoms with Crippen molar-refractivity contribution >= 4 is 22.4 Å². The van der Waals surface area contributed by atoms with Gasteiger partial charge in [-0.05, 0) is 25.0 Å². The van der Waals surface area contributed by atoms with Gasteiger partial charge in [0.2, 0.25) is 0 Å². The minimum atomic E-state index is -0.449. The quantitative estimate of drug-likeness (QED) is 0.591. The zero-order chi connectivity index (χ0) is 18.2. The van der Waals surface area contributed by atoms with Crippen LogP contribution in [0.4, 0.5) is 5.69 Å². The maximum Gasteiger partial charge on any atom is 0.267 e. The highest BCUT2D eigenvalue weighted by molar-refractivity contribution is 6.11. The molecule has 2 aromatic rings. The number of hydrogen-bond acceptors (Lipinski definition) is 4. The van der Waals surface area contributed by atoms with Crippen LogP contribution in [0.1, 0.15) is 26.7 Å². The Morgan fingerprint density at radius 3 is 2.44 bits per heavy atom. The summed E-state index contributed by atoms with van der Waals surface area (Å²) in [5.74, 6) is -0.294. The first-order chi connectivity index (χ1) is 12.1. The third-order valence-electron chi connectivity index (χ3n) is 3.85. The molecule has 0 radical (unpaired) electrons. The normalized spacial score (nSPS) is 11.2. The number of hydrogen-bond donors (Lipinski definition) is 2. The highest BCUT2D eigenvalue weighted by Gasteiger charge is 2.13. The van der Waals surface area contributed by atoms with Crippen LogP contribution >= 0.6 is 0 Å². The zero-order valence-electron chi connectivity index (χ0n) is 14.6. The Kier molecular flexibility index (Phi) is 6.41. The van der Waals surface area contributed by atoms with E-state index in [1.807, 2.05) is 17.0 Å². The second kappa shape index (κ2) is 8.74. The molecule has 2 N–H and O–H groups in total. The smallest absolute Gasteiger partial charge is 0.267 e. The van der Waals surface area contributed by atoms with Crippen LogP contribution < -0.4 is 5.32 Å². The van der Waals surface area contributed by atoms with Crippen molar-refractivity contribution in [2.75, 3.05) is 18.4 Å². The van der Waals surface area contributed by atoms with Crippen LogP contribution in [-0.4, -0.2) is 29.0 Å². The number of fused-ring (bicyclic) bond motifs is 1. The summed E-state index contributed by atoms with van der Waals surface area (Å²) in [6.07, 6.45) is 3.52. The minimum Gasteiger partial charge on any atom is -0.507 e. The molecule has 0 bridgehead atoms. The standard InChI is InChI=1S/C20H23N3O2/c1-3-11-23(12-4-2)14-15(13-21)20(25)22-18-9-5-8-17-16(18)7-6-10-19(17)24/h5-10,14,24H,3-4,11-12H2,1-2H3,(H,22,25)/b15-14-. The molecule has 0 saturated heterocycles. The van der Waals surface area contributed by atoms with E-state index in [9.17, 15) is 15.2 Å². The Hall–Kier alpha value is -3.00. The lowest BCUT2D eigenvalue weighted by Crippen LogP contribution is -2.22. The van der Waals surface area contributed by atoms with E-state index >= 15 is 0 Å². The third-order valence-corrected chi connectivity index (χ3v) is 3.85. The third kappa shape index (κ3) is 4.51. The highest BCUT2D eigenvalue weighted by Crippen LogP contribution is 2.29. The number of anilines is 1. The van der Waals surface area contributed by atoms with E-state index in [1.54, 1.807) is 36.5 Å². The molecule has 0 aliphatic heterocycles. The van der Waals surface area contributed by atoms with Crippen molar-refractivity contribution in [1.82, 2.24) is 4.90 Å². The molecule has 5 heteroatoms. The predicted molar refractivity (Wildman–Crippen MR) is 100 cm³/mol. The molecule has 25 heavy (non-hydrogen) atoms. The first-order valence-electron chi connectivity index (χ1n) is 8.48. The van der Waals surface area contributed by atoms with Gasteiger partial charge in [-0.25, -0.2) is 0 Å². The summed E-state index contributed by atoms with van der Waals surface area (Å²) in [6, 6.07) is 12.4. The fourth-order valence-electron chi connectivity index (χ4n) is 2.73. The Labute approximate surface area is 148 Å². The number of phenols is 1. The van der Waals surface area contributed by atoms with Gasteiger partial charge in [-0.3, -0.25) is 4.79 Å². The summed E-state index contributed by atoms with van der Waals surface area (Å²) in [5.41, 5.74) is 0.635. The van der Waals surface area contributed by atoms with Crippen LogP contribution in [0.2, 0.25) is 0 Å². The maximum atomic E-state index is 12.5. The number of benzene rings is 2. The molecule has 0 atom stereocenters. The van der Waals surface area contributed by atoms with E-state index in [0.29, 0.717) is 11.1 Å². The molecule has 2 aromatic carbocycles. The van der Waals surface area contributed by atoms with E-state index < -0.39 is 5.91 Å². The molecule has 5 nitrogen and oxygen atoms in total. The van der Waals surface area contributed by atoms with E-state index in [-0.39, 0.29) is 11.3 Å². The summed E-state index contributed by atoms with van der Waals surface area (Å²) < 4.78 is 0. The Morgan fingerprint density at radius 2 is 1.80 bits per heavy atom. The molecular weight excluding hydrogens is 314 g/mol. The summed E-state index contributed by atoms with van der Waals surface area (Å²) in [6.45, 7) is 5.72. The molecule has 0 aromatic heterocycles. The summed E-state index contributed by atoms with van der Waals surface area (Å²) in [5, 5.41) is 23.5. The monoisotopic (exact) mass is 337 g/mol. The summed E-state index contributed by atoms with van der Waals surface area (Å²) in [7, 11) is 0. The number of rotatable bonds is 7. The van der Waals surface area contributed by atoms with Crippen molar-refractivity contribution in [3.8, 4) is 11.8 Å². The fourth-order valence-corrected chi connectivity index (χ4v) is 2.73. The first kappa shape index (κ1) is 18.3. The van der Waals surface area contributed by atoms with E-state index in [1.165, 1.54) is 0 Å². The van der Waals surface area contributed by atoms with Crippen molar-refractivity contribution < 1.29 is 9.90 Å². The predicted octanol–water partition coefficient (Wildman–Crippen LogP) is 4.01.